The van der Waals surface area contributed by atoms with Gasteiger partial charge in [-0.25, -0.2) is 4.98 Å². The molecule has 0 aliphatic rings. The Morgan fingerprint density at radius 3 is 2.70 bits per heavy atom. The Morgan fingerprint density at radius 2 is 2.03 bits per heavy atom. The summed E-state index contributed by atoms with van der Waals surface area (Å²) in [5, 5.41) is 7.69. The van der Waals surface area contributed by atoms with Gasteiger partial charge in [0.05, 0.1) is 29.4 Å². The molecule has 1 aromatic carbocycles. The van der Waals surface area contributed by atoms with Crippen molar-refractivity contribution in [3.8, 4) is 0 Å². The highest BCUT2D eigenvalue weighted by Crippen LogP contribution is 2.20. The van der Waals surface area contributed by atoms with Crippen molar-refractivity contribution in [2.24, 2.45) is 0 Å². The Labute approximate surface area is 176 Å². The molecule has 6 nitrogen and oxygen atoms in total. The minimum atomic E-state index is -0.0940. The molecule has 154 valence electrons. The molecule has 0 saturated carbocycles. The van der Waals surface area contributed by atoms with Crippen LogP contribution in [0.15, 0.2) is 48.8 Å². The zero-order valence-corrected chi connectivity index (χ0v) is 17.6. The van der Waals surface area contributed by atoms with Crippen LogP contribution < -0.4 is 21.3 Å². The minimum Gasteiger partial charge on any atom is -0.362 e. The molecular formula is C24H27N5O. The van der Waals surface area contributed by atoms with E-state index in [-0.39, 0.29) is 18.4 Å². The topological polar surface area (TPSA) is 79.8 Å². The number of pyridine rings is 1. The third-order valence-electron chi connectivity index (χ3n) is 4.82. The van der Waals surface area contributed by atoms with Crippen molar-refractivity contribution in [3.05, 3.63) is 76.3 Å². The Hall–Kier alpha value is -3.54. The van der Waals surface area contributed by atoms with Gasteiger partial charge in [0.2, 0.25) is 5.91 Å². The van der Waals surface area contributed by atoms with Crippen LogP contribution in [0.4, 0.5) is 11.5 Å². The van der Waals surface area contributed by atoms with Crippen molar-refractivity contribution in [1.82, 2.24) is 15.0 Å². The van der Waals surface area contributed by atoms with Crippen LogP contribution in [-0.4, -0.2) is 20.9 Å². The van der Waals surface area contributed by atoms with Gasteiger partial charge in [0, 0.05) is 17.6 Å². The molecule has 30 heavy (non-hydrogen) atoms. The van der Waals surface area contributed by atoms with Gasteiger partial charge in [0.1, 0.15) is 5.82 Å². The summed E-state index contributed by atoms with van der Waals surface area (Å²) in [5.41, 5.74) is 3.69. The van der Waals surface area contributed by atoms with Gasteiger partial charge in [-0.15, -0.1) is 0 Å². The van der Waals surface area contributed by atoms with Crippen LogP contribution in [0.3, 0.4) is 0 Å². The first-order valence-corrected chi connectivity index (χ1v) is 10.1. The molecule has 2 aromatic heterocycles. The Balaban J connectivity index is 1.65. The molecule has 3 rings (SSSR count). The van der Waals surface area contributed by atoms with Crippen LogP contribution in [0.2, 0.25) is 0 Å². The lowest BCUT2D eigenvalue weighted by molar-refractivity contribution is -0.115. The molecule has 1 atom stereocenters. The van der Waals surface area contributed by atoms with Gasteiger partial charge < -0.3 is 10.6 Å². The lowest BCUT2D eigenvalue weighted by Crippen LogP contribution is -2.30. The van der Waals surface area contributed by atoms with E-state index < -0.39 is 0 Å². The van der Waals surface area contributed by atoms with Crippen LogP contribution in [-0.2, 0) is 17.6 Å². The molecule has 0 aliphatic heterocycles. The van der Waals surface area contributed by atoms with E-state index in [0.29, 0.717) is 11.2 Å². The fraction of sp³-hybridized carbons (Fsp3) is 0.250. The van der Waals surface area contributed by atoms with Gasteiger partial charge in [-0.05, 0) is 49.6 Å². The average molecular weight is 402 g/mol. The highest BCUT2D eigenvalue weighted by atomic mass is 16.1. The predicted molar refractivity (Wildman–Crippen MR) is 121 cm³/mol. The highest BCUT2D eigenvalue weighted by molar-refractivity contribution is 5.92. The second-order valence-corrected chi connectivity index (χ2v) is 7.10. The van der Waals surface area contributed by atoms with Crippen molar-refractivity contribution in [3.63, 3.8) is 0 Å². The Kier molecular flexibility index (Phi) is 6.91. The number of nitrogens with zero attached hydrogens (tertiary/aromatic N) is 3. The van der Waals surface area contributed by atoms with E-state index in [4.69, 9.17) is 0 Å². The second-order valence-electron chi connectivity index (χ2n) is 7.10. The maximum Gasteiger partial charge on any atom is 0.230 e. The van der Waals surface area contributed by atoms with Crippen LogP contribution >= 0.6 is 0 Å². The van der Waals surface area contributed by atoms with E-state index in [2.05, 4.69) is 39.1 Å². The molecule has 0 radical (unpaired) electrons. The lowest BCUT2D eigenvalue weighted by atomic mass is 10.1. The number of aryl methyl sites for hydroxylation is 1. The largest absolute Gasteiger partial charge is 0.362 e. The first-order valence-electron chi connectivity index (χ1n) is 10.1. The summed E-state index contributed by atoms with van der Waals surface area (Å²) in [6, 6.07) is 11.7. The minimum absolute atomic E-state index is 0.0183. The highest BCUT2D eigenvalue weighted by Gasteiger charge is 2.10. The zero-order valence-electron chi connectivity index (χ0n) is 17.6. The van der Waals surface area contributed by atoms with Gasteiger partial charge in [-0.2, -0.15) is 0 Å². The second kappa shape index (κ2) is 9.78. The van der Waals surface area contributed by atoms with Gasteiger partial charge in [0.25, 0.3) is 0 Å². The van der Waals surface area contributed by atoms with E-state index >= 15 is 0 Å². The third-order valence-corrected chi connectivity index (χ3v) is 4.82. The zero-order chi connectivity index (χ0) is 21.5. The number of hydrogen-bond acceptors (Lipinski definition) is 5. The monoisotopic (exact) mass is 401 g/mol. The molecule has 1 amide bonds. The van der Waals surface area contributed by atoms with Crippen molar-refractivity contribution in [2.45, 2.75) is 39.7 Å². The summed E-state index contributed by atoms with van der Waals surface area (Å²) in [5.74, 6) is 0.567. The normalized spacial score (nSPS) is 12.4. The molecule has 0 aliphatic carbocycles. The fourth-order valence-corrected chi connectivity index (χ4v) is 3.08. The van der Waals surface area contributed by atoms with Crippen molar-refractivity contribution in [1.29, 1.82) is 0 Å². The Morgan fingerprint density at radius 1 is 1.20 bits per heavy atom. The van der Waals surface area contributed by atoms with Crippen molar-refractivity contribution in [2.75, 3.05) is 10.6 Å². The van der Waals surface area contributed by atoms with E-state index in [1.54, 1.807) is 6.20 Å². The number of aromatic nitrogens is 3. The molecule has 0 saturated heterocycles. The maximum absolute atomic E-state index is 12.4. The first kappa shape index (κ1) is 21.2. The number of nitrogens with one attached hydrogen (secondary N) is 2. The number of hydrogen-bond donors (Lipinski definition) is 2. The number of carbonyl (C=O) groups excluding carboxylic acids is 1. The van der Waals surface area contributed by atoms with E-state index in [1.807, 2.05) is 62.5 Å². The lowest BCUT2D eigenvalue weighted by Gasteiger charge is -2.16. The Bertz CT molecular complexity index is 1130. The molecule has 0 spiro atoms. The van der Waals surface area contributed by atoms with Gasteiger partial charge in [0.15, 0.2) is 0 Å². The molecule has 6 heteroatoms. The first-order chi connectivity index (χ1) is 14.5. The summed E-state index contributed by atoms with van der Waals surface area (Å²) in [7, 11) is 0. The molecular weight excluding hydrogens is 374 g/mol. The predicted octanol–water partition coefficient (Wildman–Crippen LogP) is 3.00. The number of anilines is 2. The SMILES string of the molecule is C=c1nc(NC(C)c2cccc(NC(=O)Cc3ccc(CC)cn3)c2)cn/c1=C/C. The molecule has 0 fully saturated rings. The molecule has 2 N–H and O–H groups in total. The van der Waals surface area contributed by atoms with Crippen molar-refractivity contribution >= 4 is 30.1 Å². The van der Waals surface area contributed by atoms with Crippen molar-refractivity contribution < 1.29 is 4.79 Å². The number of carbonyl (C=O) groups is 1. The maximum atomic E-state index is 12.4. The summed E-state index contributed by atoms with van der Waals surface area (Å²) < 4.78 is 0. The van der Waals surface area contributed by atoms with Gasteiger partial charge in [-0.1, -0.05) is 37.8 Å². The number of rotatable bonds is 7. The van der Waals surface area contributed by atoms with Crippen LogP contribution in [0.25, 0.3) is 12.7 Å². The summed E-state index contributed by atoms with van der Waals surface area (Å²) in [6.45, 7) is 9.94. The molecule has 0 bridgehead atoms. The van der Waals surface area contributed by atoms with Gasteiger partial charge in [-0.3, -0.25) is 14.8 Å². The van der Waals surface area contributed by atoms with Crippen LogP contribution in [0.5, 0.6) is 0 Å². The van der Waals surface area contributed by atoms with E-state index in [0.717, 1.165) is 34.3 Å². The standard InChI is InChI=1S/C24H27N5O/c1-5-18-10-11-20(25-14-18)13-24(30)29-21-9-7-8-19(12-21)16(3)27-23-15-26-22(6-2)17(4)28-23/h6-12,14-16H,4-5,13H2,1-3H3,(H,27,28)(H,29,30)/b22-6+. The third kappa shape index (κ3) is 5.50. The summed E-state index contributed by atoms with van der Waals surface area (Å²) >= 11 is 0. The average Bonchev–Trinajstić information content (AvgIpc) is 2.74. The molecule has 1 unspecified atom stereocenters. The molecule has 2 heterocycles. The number of amides is 1. The summed E-state index contributed by atoms with van der Waals surface area (Å²) in [4.78, 5) is 25.6. The summed E-state index contributed by atoms with van der Waals surface area (Å²) in [6.07, 6.45) is 6.57. The molecule has 3 aromatic rings. The number of benzene rings is 1. The van der Waals surface area contributed by atoms with Crippen LogP contribution in [0.1, 0.15) is 43.6 Å². The van der Waals surface area contributed by atoms with Gasteiger partial charge >= 0.3 is 0 Å². The fourth-order valence-electron chi connectivity index (χ4n) is 3.08. The van der Waals surface area contributed by atoms with E-state index in [9.17, 15) is 4.79 Å². The quantitative estimate of drug-likeness (QED) is 0.636. The van der Waals surface area contributed by atoms with E-state index in [1.165, 1.54) is 0 Å². The smallest absolute Gasteiger partial charge is 0.230 e. The van der Waals surface area contributed by atoms with Crippen LogP contribution in [0, 0.1) is 0 Å².